The zero-order chi connectivity index (χ0) is 15.0. The molecule has 3 heteroatoms. The van der Waals surface area contributed by atoms with Crippen LogP contribution in [0.15, 0.2) is 18.2 Å². The highest BCUT2D eigenvalue weighted by Gasteiger charge is 2.06. The summed E-state index contributed by atoms with van der Waals surface area (Å²) in [4.78, 5) is 0. The molecule has 0 spiro atoms. The minimum atomic E-state index is 0.716. The van der Waals surface area contributed by atoms with Crippen molar-refractivity contribution in [2.75, 3.05) is 20.2 Å². The third-order valence-corrected chi connectivity index (χ3v) is 3.89. The minimum Gasteiger partial charge on any atom is -0.497 e. The Bertz CT molecular complexity index is 393. The lowest BCUT2D eigenvalue weighted by molar-refractivity contribution is 0.414. The van der Waals surface area contributed by atoms with Crippen molar-refractivity contribution in [1.82, 2.24) is 5.32 Å². The third kappa shape index (κ3) is 6.62. The summed E-state index contributed by atoms with van der Waals surface area (Å²) in [5, 5.41) is 4.31. The Balaban J connectivity index is 2.28. The van der Waals surface area contributed by atoms with E-state index < -0.39 is 0 Å². The van der Waals surface area contributed by atoms with Crippen LogP contribution in [0.4, 0.5) is 0 Å². The second-order valence-electron chi connectivity index (χ2n) is 5.99. The summed E-state index contributed by atoms with van der Waals surface area (Å²) in [6.07, 6.45) is 3.43. The molecule has 1 N–H and O–H groups in total. The smallest absolute Gasteiger partial charge is 0.120 e. The largest absolute Gasteiger partial charge is 0.497 e. The zero-order valence-electron chi connectivity index (χ0n) is 13.2. The molecular weight excluding hydrogens is 270 g/mol. The number of aryl methyl sites for hydroxylation is 1. The van der Waals surface area contributed by atoms with Gasteiger partial charge < -0.3 is 10.1 Å². The molecule has 114 valence electrons. The third-order valence-electron chi connectivity index (χ3n) is 3.53. The maximum atomic E-state index is 6.26. The van der Waals surface area contributed by atoms with Crippen LogP contribution in [0.2, 0.25) is 5.02 Å². The molecule has 0 saturated carbocycles. The van der Waals surface area contributed by atoms with Crippen LogP contribution in [0, 0.1) is 11.8 Å². The Morgan fingerprint density at radius 1 is 1.20 bits per heavy atom. The number of benzene rings is 1. The monoisotopic (exact) mass is 297 g/mol. The summed E-state index contributed by atoms with van der Waals surface area (Å²) in [6, 6.07) is 5.95. The van der Waals surface area contributed by atoms with E-state index in [1.165, 1.54) is 18.4 Å². The summed E-state index contributed by atoms with van der Waals surface area (Å²) in [5.41, 5.74) is 1.22. The van der Waals surface area contributed by atoms with Crippen LogP contribution in [0.5, 0.6) is 5.75 Å². The van der Waals surface area contributed by atoms with E-state index >= 15 is 0 Å². The topological polar surface area (TPSA) is 21.3 Å². The molecule has 0 aliphatic carbocycles. The van der Waals surface area contributed by atoms with Gasteiger partial charge in [0.1, 0.15) is 5.75 Å². The predicted octanol–water partition coefficient (Wildman–Crippen LogP) is 4.55. The minimum absolute atomic E-state index is 0.716. The summed E-state index contributed by atoms with van der Waals surface area (Å²) >= 11 is 6.26. The van der Waals surface area contributed by atoms with E-state index in [4.69, 9.17) is 16.3 Å². The maximum Gasteiger partial charge on any atom is 0.120 e. The number of halogens is 1. The first-order valence-corrected chi connectivity index (χ1v) is 7.93. The molecule has 0 fully saturated rings. The van der Waals surface area contributed by atoms with Crippen molar-refractivity contribution in [2.45, 2.75) is 40.0 Å². The summed E-state index contributed by atoms with van der Waals surface area (Å²) in [5.74, 6) is 2.26. The van der Waals surface area contributed by atoms with E-state index in [2.05, 4.69) is 32.2 Å². The summed E-state index contributed by atoms with van der Waals surface area (Å²) in [6.45, 7) is 9.01. The van der Waals surface area contributed by atoms with Gasteiger partial charge in [0.2, 0.25) is 0 Å². The van der Waals surface area contributed by atoms with Crippen LogP contribution in [0.25, 0.3) is 0 Å². The van der Waals surface area contributed by atoms with Gasteiger partial charge in [-0.15, -0.1) is 0 Å². The highest BCUT2D eigenvalue weighted by atomic mass is 35.5. The Labute approximate surface area is 128 Å². The molecule has 0 saturated heterocycles. The fraction of sp³-hybridized carbons (Fsp3) is 0.647. The number of methoxy groups -OCH3 is 1. The van der Waals surface area contributed by atoms with E-state index in [1.807, 2.05) is 12.1 Å². The SMILES string of the molecule is COc1ccc(CCC(C)CCNCC(C)C)c(Cl)c1. The van der Waals surface area contributed by atoms with Crippen LogP contribution < -0.4 is 10.1 Å². The van der Waals surface area contributed by atoms with Gasteiger partial charge in [0.15, 0.2) is 0 Å². The number of nitrogens with one attached hydrogen (secondary N) is 1. The molecule has 1 atom stereocenters. The number of hydrogen-bond acceptors (Lipinski definition) is 2. The zero-order valence-corrected chi connectivity index (χ0v) is 14.0. The van der Waals surface area contributed by atoms with Crippen LogP contribution in [-0.2, 0) is 6.42 Å². The van der Waals surface area contributed by atoms with E-state index in [9.17, 15) is 0 Å². The van der Waals surface area contributed by atoms with Crippen molar-refractivity contribution in [3.8, 4) is 5.75 Å². The van der Waals surface area contributed by atoms with Gasteiger partial charge in [0.05, 0.1) is 7.11 Å². The molecule has 1 unspecified atom stereocenters. The van der Waals surface area contributed by atoms with Gasteiger partial charge in [-0.25, -0.2) is 0 Å². The second-order valence-corrected chi connectivity index (χ2v) is 6.40. The fourth-order valence-corrected chi connectivity index (χ4v) is 2.41. The van der Waals surface area contributed by atoms with Crippen molar-refractivity contribution in [3.05, 3.63) is 28.8 Å². The van der Waals surface area contributed by atoms with Crippen molar-refractivity contribution in [2.24, 2.45) is 11.8 Å². The Hall–Kier alpha value is -0.730. The molecule has 2 nitrogen and oxygen atoms in total. The van der Waals surface area contributed by atoms with Gasteiger partial charge in [0.25, 0.3) is 0 Å². The van der Waals surface area contributed by atoms with Crippen molar-refractivity contribution < 1.29 is 4.74 Å². The Morgan fingerprint density at radius 2 is 1.95 bits per heavy atom. The molecular formula is C17H28ClNO. The molecule has 20 heavy (non-hydrogen) atoms. The van der Waals surface area contributed by atoms with Gasteiger partial charge in [-0.05, 0) is 61.9 Å². The molecule has 1 aromatic rings. The van der Waals surface area contributed by atoms with Crippen LogP contribution >= 0.6 is 11.6 Å². The lowest BCUT2D eigenvalue weighted by Gasteiger charge is -2.14. The molecule has 0 aliphatic rings. The van der Waals surface area contributed by atoms with Crippen LogP contribution in [0.3, 0.4) is 0 Å². The van der Waals surface area contributed by atoms with Gasteiger partial charge in [0, 0.05) is 5.02 Å². The molecule has 0 aromatic heterocycles. The van der Waals surface area contributed by atoms with Gasteiger partial charge in [-0.1, -0.05) is 38.4 Å². The highest BCUT2D eigenvalue weighted by Crippen LogP contribution is 2.24. The summed E-state index contributed by atoms with van der Waals surface area (Å²) < 4.78 is 5.17. The number of rotatable bonds is 9. The molecule has 1 rings (SSSR count). The maximum absolute atomic E-state index is 6.26. The summed E-state index contributed by atoms with van der Waals surface area (Å²) in [7, 11) is 1.66. The predicted molar refractivity (Wildman–Crippen MR) is 87.8 cm³/mol. The van der Waals surface area contributed by atoms with Gasteiger partial charge in [-0.3, -0.25) is 0 Å². The Kier molecular flexibility index (Phi) is 8.01. The molecule has 0 heterocycles. The lowest BCUT2D eigenvalue weighted by Crippen LogP contribution is -2.22. The highest BCUT2D eigenvalue weighted by molar-refractivity contribution is 6.31. The number of ether oxygens (including phenoxy) is 1. The van der Waals surface area contributed by atoms with E-state index in [0.29, 0.717) is 5.92 Å². The molecule has 0 bridgehead atoms. The first kappa shape index (κ1) is 17.3. The van der Waals surface area contributed by atoms with Crippen LogP contribution in [-0.4, -0.2) is 20.2 Å². The molecule has 1 aromatic carbocycles. The molecule has 0 amide bonds. The lowest BCUT2D eigenvalue weighted by atomic mass is 9.98. The second kappa shape index (κ2) is 9.25. The van der Waals surface area contributed by atoms with E-state index in [-0.39, 0.29) is 0 Å². The van der Waals surface area contributed by atoms with Gasteiger partial charge >= 0.3 is 0 Å². The van der Waals surface area contributed by atoms with Crippen molar-refractivity contribution in [1.29, 1.82) is 0 Å². The average molecular weight is 298 g/mol. The average Bonchev–Trinajstić information content (AvgIpc) is 2.42. The first-order valence-electron chi connectivity index (χ1n) is 7.56. The van der Waals surface area contributed by atoms with Crippen LogP contribution in [0.1, 0.15) is 39.2 Å². The van der Waals surface area contributed by atoms with Crippen molar-refractivity contribution >= 4 is 11.6 Å². The van der Waals surface area contributed by atoms with Gasteiger partial charge in [-0.2, -0.15) is 0 Å². The standard InChI is InChI=1S/C17H28ClNO/c1-13(2)12-19-10-9-14(3)5-6-15-7-8-16(20-4)11-17(15)18/h7-8,11,13-14,19H,5-6,9-10,12H2,1-4H3. The normalized spacial score (nSPS) is 12.7. The van der Waals surface area contributed by atoms with Crippen molar-refractivity contribution in [3.63, 3.8) is 0 Å². The quantitative estimate of drug-likeness (QED) is 0.675. The van der Waals surface area contributed by atoms with E-state index in [1.54, 1.807) is 7.11 Å². The first-order chi connectivity index (χ1) is 9.52. The molecule has 0 radical (unpaired) electrons. The molecule has 0 aliphatic heterocycles. The number of hydrogen-bond donors (Lipinski definition) is 1. The van der Waals surface area contributed by atoms with E-state index in [0.717, 1.165) is 36.2 Å². The fourth-order valence-electron chi connectivity index (χ4n) is 2.14. The Morgan fingerprint density at radius 3 is 2.55 bits per heavy atom.